The highest BCUT2D eigenvalue weighted by Crippen LogP contribution is 2.13. The molecule has 0 radical (unpaired) electrons. The van der Waals surface area contributed by atoms with Gasteiger partial charge in [0, 0.05) is 12.2 Å². The lowest BCUT2D eigenvalue weighted by Gasteiger charge is -2.20. The second-order valence-corrected chi connectivity index (χ2v) is 7.19. The lowest BCUT2D eigenvalue weighted by atomic mass is 9.96. The first-order chi connectivity index (χ1) is 10.7. The highest BCUT2D eigenvalue weighted by molar-refractivity contribution is 5.84. The Balaban J connectivity index is 2.43. The average molecular weight is 321 g/mol. The van der Waals surface area contributed by atoms with Crippen LogP contribution in [0.5, 0.6) is 0 Å². The molecule has 130 valence electrons. The van der Waals surface area contributed by atoms with Crippen LogP contribution in [0.4, 0.5) is 10.5 Å². The lowest BCUT2D eigenvalue weighted by Crippen LogP contribution is -2.31. The molecule has 1 atom stereocenters. The van der Waals surface area contributed by atoms with Crippen molar-refractivity contribution < 1.29 is 9.53 Å². The summed E-state index contributed by atoms with van der Waals surface area (Å²) < 4.78 is 5.22. The first kappa shape index (κ1) is 19.5. The zero-order chi connectivity index (χ0) is 17.5. The summed E-state index contributed by atoms with van der Waals surface area (Å²) in [5, 5.41) is 6.16. The SMILES string of the molecule is CC(C)C(CN)CNCc1ccc(NC(=O)OC(C)(C)C)cc1. The third-order valence-corrected chi connectivity index (χ3v) is 3.58. The van der Waals surface area contributed by atoms with E-state index in [1.165, 1.54) is 5.56 Å². The van der Waals surface area contributed by atoms with Crippen molar-refractivity contribution in [2.75, 3.05) is 18.4 Å². The van der Waals surface area contributed by atoms with E-state index in [4.69, 9.17) is 10.5 Å². The lowest BCUT2D eigenvalue weighted by molar-refractivity contribution is 0.0636. The molecule has 0 saturated carbocycles. The van der Waals surface area contributed by atoms with Crippen LogP contribution >= 0.6 is 0 Å². The second kappa shape index (κ2) is 8.89. The van der Waals surface area contributed by atoms with E-state index in [1.807, 2.05) is 45.0 Å². The van der Waals surface area contributed by atoms with E-state index < -0.39 is 11.7 Å². The van der Waals surface area contributed by atoms with Crippen molar-refractivity contribution in [3.63, 3.8) is 0 Å². The van der Waals surface area contributed by atoms with Gasteiger partial charge in [-0.3, -0.25) is 5.32 Å². The molecule has 5 heteroatoms. The maximum absolute atomic E-state index is 11.7. The van der Waals surface area contributed by atoms with Crippen LogP contribution in [0.15, 0.2) is 24.3 Å². The van der Waals surface area contributed by atoms with E-state index in [2.05, 4.69) is 24.5 Å². The number of carbonyl (C=O) groups excluding carboxylic acids is 1. The summed E-state index contributed by atoms with van der Waals surface area (Å²) in [6.45, 7) is 12.3. The molecule has 4 N–H and O–H groups in total. The van der Waals surface area contributed by atoms with Gasteiger partial charge in [-0.25, -0.2) is 4.79 Å². The van der Waals surface area contributed by atoms with Crippen LogP contribution < -0.4 is 16.4 Å². The van der Waals surface area contributed by atoms with Crippen LogP contribution in [0.3, 0.4) is 0 Å². The van der Waals surface area contributed by atoms with Gasteiger partial charge in [-0.15, -0.1) is 0 Å². The fourth-order valence-electron chi connectivity index (χ4n) is 2.12. The van der Waals surface area contributed by atoms with Gasteiger partial charge < -0.3 is 15.8 Å². The molecule has 1 unspecified atom stereocenters. The molecule has 0 fully saturated rings. The molecule has 0 bridgehead atoms. The molecule has 0 spiro atoms. The normalized spacial score (nSPS) is 13.0. The van der Waals surface area contributed by atoms with E-state index in [9.17, 15) is 4.79 Å². The summed E-state index contributed by atoms with van der Waals surface area (Å²) in [5.41, 5.74) is 7.17. The summed E-state index contributed by atoms with van der Waals surface area (Å²) in [4.78, 5) is 11.7. The van der Waals surface area contributed by atoms with Crippen molar-refractivity contribution in [1.29, 1.82) is 0 Å². The van der Waals surface area contributed by atoms with Gasteiger partial charge in [-0.2, -0.15) is 0 Å². The predicted octanol–water partition coefficient (Wildman–Crippen LogP) is 3.35. The van der Waals surface area contributed by atoms with E-state index >= 15 is 0 Å². The number of benzene rings is 1. The fraction of sp³-hybridized carbons (Fsp3) is 0.611. The van der Waals surface area contributed by atoms with Gasteiger partial charge in [-0.1, -0.05) is 26.0 Å². The summed E-state index contributed by atoms with van der Waals surface area (Å²) in [6.07, 6.45) is -0.439. The van der Waals surface area contributed by atoms with Crippen LogP contribution in [0.25, 0.3) is 0 Å². The molecule has 0 aliphatic rings. The molecule has 23 heavy (non-hydrogen) atoms. The number of anilines is 1. The van der Waals surface area contributed by atoms with Gasteiger partial charge in [0.15, 0.2) is 0 Å². The highest BCUT2D eigenvalue weighted by Gasteiger charge is 2.16. The Hall–Kier alpha value is -1.59. The summed E-state index contributed by atoms with van der Waals surface area (Å²) in [7, 11) is 0. The van der Waals surface area contributed by atoms with Crippen molar-refractivity contribution in [2.24, 2.45) is 17.6 Å². The minimum absolute atomic E-state index is 0.439. The van der Waals surface area contributed by atoms with E-state index in [0.29, 0.717) is 18.4 Å². The Morgan fingerprint density at radius 1 is 1.22 bits per heavy atom. The number of amides is 1. The Morgan fingerprint density at radius 3 is 2.30 bits per heavy atom. The van der Waals surface area contributed by atoms with E-state index in [1.54, 1.807) is 0 Å². The third-order valence-electron chi connectivity index (χ3n) is 3.58. The van der Waals surface area contributed by atoms with Crippen molar-refractivity contribution in [2.45, 2.75) is 46.8 Å². The number of hydrogen-bond acceptors (Lipinski definition) is 4. The molecule has 1 aromatic carbocycles. The number of nitrogens with one attached hydrogen (secondary N) is 2. The molecule has 0 heterocycles. The van der Waals surface area contributed by atoms with Gasteiger partial charge in [0.05, 0.1) is 0 Å². The smallest absolute Gasteiger partial charge is 0.412 e. The average Bonchev–Trinajstić information content (AvgIpc) is 2.42. The Labute approximate surface area is 140 Å². The Kier molecular flexibility index (Phi) is 7.52. The molecular formula is C18H31N3O2. The van der Waals surface area contributed by atoms with Gasteiger partial charge in [0.2, 0.25) is 0 Å². The van der Waals surface area contributed by atoms with Gasteiger partial charge >= 0.3 is 6.09 Å². The molecule has 0 aromatic heterocycles. The predicted molar refractivity (Wildman–Crippen MR) is 95.4 cm³/mol. The molecule has 5 nitrogen and oxygen atoms in total. The van der Waals surface area contributed by atoms with Gasteiger partial charge in [0.1, 0.15) is 5.60 Å². The minimum Gasteiger partial charge on any atom is -0.444 e. The topological polar surface area (TPSA) is 76.4 Å². The monoisotopic (exact) mass is 321 g/mol. The first-order valence-electron chi connectivity index (χ1n) is 8.21. The number of hydrogen-bond donors (Lipinski definition) is 3. The maximum Gasteiger partial charge on any atom is 0.412 e. The first-order valence-corrected chi connectivity index (χ1v) is 8.21. The quantitative estimate of drug-likeness (QED) is 0.720. The minimum atomic E-state index is -0.496. The van der Waals surface area contributed by atoms with Gasteiger partial charge in [0.25, 0.3) is 0 Å². The van der Waals surface area contributed by atoms with Crippen LogP contribution in [-0.2, 0) is 11.3 Å². The zero-order valence-corrected chi connectivity index (χ0v) is 15.0. The van der Waals surface area contributed by atoms with Crippen molar-refractivity contribution in [3.05, 3.63) is 29.8 Å². The van der Waals surface area contributed by atoms with Crippen molar-refractivity contribution >= 4 is 11.8 Å². The van der Waals surface area contributed by atoms with E-state index in [-0.39, 0.29) is 0 Å². The molecule has 1 amide bonds. The molecule has 1 rings (SSSR count). The summed E-state index contributed by atoms with van der Waals surface area (Å²) in [5.74, 6) is 1.07. The van der Waals surface area contributed by atoms with Crippen LogP contribution in [-0.4, -0.2) is 24.8 Å². The van der Waals surface area contributed by atoms with Gasteiger partial charge in [-0.05, 0) is 63.4 Å². The summed E-state index contributed by atoms with van der Waals surface area (Å²) >= 11 is 0. The fourth-order valence-corrected chi connectivity index (χ4v) is 2.12. The Morgan fingerprint density at radius 2 is 1.83 bits per heavy atom. The van der Waals surface area contributed by atoms with Crippen LogP contribution in [0.1, 0.15) is 40.2 Å². The number of carbonyl (C=O) groups is 1. The molecule has 0 saturated heterocycles. The highest BCUT2D eigenvalue weighted by atomic mass is 16.6. The largest absolute Gasteiger partial charge is 0.444 e. The number of ether oxygens (including phenoxy) is 1. The summed E-state index contributed by atoms with van der Waals surface area (Å²) in [6, 6.07) is 7.74. The number of rotatable bonds is 7. The standard InChI is InChI=1S/C18H31N3O2/c1-13(2)15(10-19)12-20-11-14-6-8-16(9-7-14)21-17(22)23-18(3,4)5/h6-9,13,15,20H,10-12,19H2,1-5H3,(H,21,22). The number of nitrogens with two attached hydrogens (primary N) is 1. The molecule has 0 aliphatic carbocycles. The van der Waals surface area contributed by atoms with E-state index in [0.717, 1.165) is 18.8 Å². The maximum atomic E-state index is 11.7. The molecular weight excluding hydrogens is 290 g/mol. The molecule has 0 aliphatic heterocycles. The third kappa shape index (κ3) is 8.00. The van der Waals surface area contributed by atoms with Crippen molar-refractivity contribution in [3.8, 4) is 0 Å². The second-order valence-electron chi connectivity index (χ2n) is 7.19. The zero-order valence-electron chi connectivity index (χ0n) is 15.0. The van der Waals surface area contributed by atoms with Crippen LogP contribution in [0.2, 0.25) is 0 Å². The Bertz CT molecular complexity index is 478. The molecule has 1 aromatic rings. The van der Waals surface area contributed by atoms with Crippen molar-refractivity contribution in [1.82, 2.24) is 5.32 Å². The van der Waals surface area contributed by atoms with Crippen LogP contribution in [0, 0.1) is 11.8 Å².